The normalized spacial score (nSPS) is 16.8. The molecule has 1 amide bonds. The number of carbonyl (C=O) groups is 1. The maximum atomic E-state index is 13.4. The first-order valence-corrected chi connectivity index (χ1v) is 11.5. The number of aromatic nitrogens is 4. The minimum atomic E-state index is -0.480. The Balaban J connectivity index is 0.00000162. The van der Waals surface area contributed by atoms with Gasteiger partial charge in [0.1, 0.15) is 11.4 Å². The van der Waals surface area contributed by atoms with Gasteiger partial charge in [0, 0.05) is 12.0 Å². The van der Waals surface area contributed by atoms with Gasteiger partial charge in [0.25, 0.3) is 5.91 Å². The number of amides is 1. The molecule has 0 saturated heterocycles. The second kappa shape index (κ2) is 10.7. The van der Waals surface area contributed by atoms with Crippen LogP contribution in [0.4, 0.5) is 0 Å². The van der Waals surface area contributed by atoms with Gasteiger partial charge in [-0.15, -0.1) is 10.2 Å². The van der Waals surface area contributed by atoms with Gasteiger partial charge < -0.3 is 1.43 Å². The van der Waals surface area contributed by atoms with Crippen LogP contribution in [0.15, 0.2) is 53.5 Å². The smallest absolute Gasteiger partial charge is 1.00 e. The van der Waals surface area contributed by atoms with E-state index >= 15 is 0 Å². The fourth-order valence-electron chi connectivity index (χ4n) is 4.88. The maximum Gasteiger partial charge on any atom is 1.00 e. The fourth-order valence-corrected chi connectivity index (χ4v) is 4.88. The van der Waals surface area contributed by atoms with Gasteiger partial charge >= 0.3 is 51.4 Å². The fraction of sp³-hybridized carbons (Fsp3) is 0.400. The molecular formula is C25H29KN6O. The van der Waals surface area contributed by atoms with Crippen molar-refractivity contribution in [1.82, 2.24) is 25.5 Å². The van der Waals surface area contributed by atoms with Crippen molar-refractivity contribution in [3.8, 4) is 22.5 Å². The Morgan fingerprint density at radius 2 is 1.79 bits per heavy atom. The quantitative estimate of drug-likeness (QED) is 0.537. The number of amidine groups is 1. The van der Waals surface area contributed by atoms with Crippen molar-refractivity contribution in [2.45, 2.75) is 64.0 Å². The van der Waals surface area contributed by atoms with E-state index in [1.807, 2.05) is 23.1 Å². The summed E-state index contributed by atoms with van der Waals surface area (Å²) >= 11 is 0. The molecule has 1 fully saturated rings. The van der Waals surface area contributed by atoms with E-state index in [2.05, 4.69) is 57.9 Å². The molecular weight excluding hydrogens is 439 g/mol. The van der Waals surface area contributed by atoms with Crippen molar-refractivity contribution in [3.63, 3.8) is 0 Å². The summed E-state index contributed by atoms with van der Waals surface area (Å²) in [6, 6.07) is 16.4. The molecule has 1 aromatic heterocycles. The number of tetrazole rings is 1. The van der Waals surface area contributed by atoms with Crippen LogP contribution in [0.1, 0.15) is 58.9 Å². The van der Waals surface area contributed by atoms with Crippen LogP contribution in [-0.2, 0) is 11.3 Å². The third kappa shape index (κ3) is 4.91. The first kappa shape index (κ1) is 24.4. The number of rotatable bonds is 7. The number of aromatic amines is 1. The molecule has 3 aromatic rings. The van der Waals surface area contributed by atoms with E-state index < -0.39 is 5.54 Å². The third-order valence-electron chi connectivity index (χ3n) is 6.60. The zero-order valence-electron chi connectivity index (χ0n) is 20.4. The van der Waals surface area contributed by atoms with Crippen LogP contribution in [0, 0.1) is 0 Å². The van der Waals surface area contributed by atoms with E-state index in [0.717, 1.165) is 73.0 Å². The molecule has 8 heteroatoms. The molecule has 2 aromatic carbocycles. The Labute approximate surface area is 238 Å². The van der Waals surface area contributed by atoms with Gasteiger partial charge in [-0.05, 0) is 41.2 Å². The average Bonchev–Trinajstić information content (AvgIpc) is 3.58. The third-order valence-corrected chi connectivity index (χ3v) is 6.60. The van der Waals surface area contributed by atoms with Gasteiger partial charge in [-0.2, -0.15) is 5.21 Å². The SMILES string of the molecule is CCCCC1=NC2(CCCC2)C(=O)N1Cc1ccc(-c2ccccc2-c2nn[nH]n2)cc1.[H-].[K+]. The van der Waals surface area contributed by atoms with Crippen molar-refractivity contribution in [2.24, 2.45) is 4.99 Å². The number of aliphatic imine (C=N–C) groups is 1. The summed E-state index contributed by atoms with van der Waals surface area (Å²) in [5.41, 5.74) is 3.69. The first-order valence-electron chi connectivity index (χ1n) is 11.5. The summed E-state index contributed by atoms with van der Waals surface area (Å²) in [6.07, 6.45) is 7.01. The van der Waals surface area contributed by atoms with E-state index in [9.17, 15) is 4.79 Å². The molecule has 0 unspecified atom stereocenters. The molecule has 7 nitrogen and oxygen atoms in total. The molecule has 1 aliphatic carbocycles. The molecule has 0 atom stereocenters. The molecule has 1 spiro atoms. The molecule has 2 heterocycles. The molecule has 0 bridgehead atoms. The van der Waals surface area contributed by atoms with Crippen LogP contribution in [0.3, 0.4) is 0 Å². The molecule has 33 heavy (non-hydrogen) atoms. The van der Waals surface area contributed by atoms with Crippen LogP contribution in [0.2, 0.25) is 0 Å². The van der Waals surface area contributed by atoms with E-state index in [1.165, 1.54) is 0 Å². The van der Waals surface area contributed by atoms with Gasteiger partial charge in [0.15, 0.2) is 0 Å². The maximum absolute atomic E-state index is 13.4. The standard InChI is InChI=1S/C25H28N6O.K.H/c1-2-3-10-22-26-25(15-6-7-16-25)24(32)31(22)17-18-11-13-19(14-12-18)20-8-4-5-9-21(20)23-27-29-30-28-23;;/h4-5,8-9,11-14H,2-3,6-7,10,15-17H2,1H3,(H,27,28,29,30);;/q;+1;-1. The van der Waals surface area contributed by atoms with Gasteiger partial charge in [0.05, 0.1) is 6.54 Å². The predicted molar refractivity (Wildman–Crippen MR) is 125 cm³/mol. The number of nitrogens with one attached hydrogen (secondary N) is 1. The molecule has 0 radical (unpaired) electrons. The summed E-state index contributed by atoms with van der Waals surface area (Å²) in [7, 11) is 0. The monoisotopic (exact) mass is 468 g/mol. The second-order valence-electron chi connectivity index (χ2n) is 8.74. The van der Waals surface area contributed by atoms with Gasteiger partial charge in [-0.25, -0.2) is 0 Å². The Hall–Kier alpha value is -1.71. The first-order chi connectivity index (χ1) is 15.7. The van der Waals surface area contributed by atoms with Gasteiger partial charge in [-0.1, -0.05) is 74.7 Å². The number of H-pyrrole nitrogens is 1. The molecule has 1 aliphatic heterocycles. The Morgan fingerprint density at radius 3 is 2.45 bits per heavy atom. The number of unbranched alkanes of at least 4 members (excludes halogenated alkanes) is 1. The predicted octanol–water partition coefficient (Wildman–Crippen LogP) is 1.89. The second-order valence-corrected chi connectivity index (χ2v) is 8.74. The van der Waals surface area contributed by atoms with Crippen molar-refractivity contribution in [2.75, 3.05) is 0 Å². The van der Waals surface area contributed by atoms with Crippen molar-refractivity contribution in [3.05, 3.63) is 54.1 Å². The number of hydrogen-bond acceptors (Lipinski definition) is 5. The molecule has 166 valence electrons. The molecule has 1 saturated carbocycles. The summed E-state index contributed by atoms with van der Waals surface area (Å²) in [6.45, 7) is 2.76. The van der Waals surface area contributed by atoms with E-state index in [4.69, 9.17) is 4.99 Å². The number of hydrogen-bond donors (Lipinski definition) is 1. The van der Waals surface area contributed by atoms with Crippen molar-refractivity contribution in [1.29, 1.82) is 0 Å². The van der Waals surface area contributed by atoms with E-state index in [1.54, 1.807) is 0 Å². The van der Waals surface area contributed by atoms with E-state index in [0.29, 0.717) is 12.4 Å². The van der Waals surface area contributed by atoms with Gasteiger partial charge in [0.2, 0.25) is 5.82 Å². The summed E-state index contributed by atoms with van der Waals surface area (Å²) in [4.78, 5) is 20.3. The minimum absolute atomic E-state index is 0. The van der Waals surface area contributed by atoms with Crippen molar-refractivity contribution >= 4 is 11.7 Å². The summed E-state index contributed by atoms with van der Waals surface area (Å²) < 4.78 is 0. The van der Waals surface area contributed by atoms with Crippen LogP contribution in [0.5, 0.6) is 0 Å². The average molecular weight is 469 g/mol. The van der Waals surface area contributed by atoms with Crippen molar-refractivity contribution < 1.29 is 57.6 Å². The Kier molecular flexibility index (Phi) is 7.91. The van der Waals surface area contributed by atoms with Crippen LogP contribution < -0.4 is 51.4 Å². The zero-order valence-corrected chi connectivity index (χ0v) is 22.5. The molecule has 5 rings (SSSR count). The Morgan fingerprint density at radius 1 is 1.06 bits per heavy atom. The number of nitrogens with zero attached hydrogens (tertiary/aromatic N) is 5. The molecule has 2 aliphatic rings. The zero-order chi connectivity index (χ0) is 22.0. The van der Waals surface area contributed by atoms with Crippen LogP contribution in [-0.4, -0.2) is 42.8 Å². The number of carbonyl (C=O) groups excluding carboxylic acids is 1. The number of benzene rings is 2. The van der Waals surface area contributed by atoms with Gasteiger partial charge in [-0.3, -0.25) is 14.7 Å². The summed E-state index contributed by atoms with van der Waals surface area (Å²) in [5, 5.41) is 14.5. The topological polar surface area (TPSA) is 87.1 Å². The molecule has 1 N–H and O–H groups in total. The van der Waals surface area contributed by atoms with Crippen LogP contribution >= 0.6 is 0 Å². The summed E-state index contributed by atoms with van der Waals surface area (Å²) in [5.74, 6) is 1.75. The van der Waals surface area contributed by atoms with E-state index in [-0.39, 0.29) is 58.7 Å². The van der Waals surface area contributed by atoms with Crippen LogP contribution in [0.25, 0.3) is 22.5 Å². The largest absolute Gasteiger partial charge is 1.00 e. The minimum Gasteiger partial charge on any atom is -1.00 e. The Bertz CT molecular complexity index is 1130.